The number of hydrogen-bond donors (Lipinski definition) is 0. The normalized spacial score (nSPS) is 16.0. The minimum atomic E-state index is -3.62. The van der Waals surface area contributed by atoms with E-state index < -0.39 is 10.0 Å². The Morgan fingerprint density at radius 1 is 1.11 bits per heavy atom. The van der Waals surface area contributed by atoms with Gasteiger partial charge in [0.05, 0.1) is 22.1 Å². The van der Waals surface area contributed by atoms with Gasteiger partial charge < -0.3 is 4.90 Å². The van der Waals surface area contributed by atoms with Crippen molar-refractivity contribution >= 4 is 27.5 Å². The quantitative estimate of drug-likeness (QED) is 0.713. The first-order valence-electron chi connectivity index (χ1n) is 9.16. The molecule has 0 bridgehead atoms. The number of hydrogen-bond acceptors (Lipinski definition) is 5. The van der Waals surface area contributed by atoms with E-state index in [4.69, 9.17) is 11.6 Å². The van der Waals surface area contributed by atoms with Gasteiger partial charge in [-0.2, -0.15) is 14.5 Å². The highest BCUT2D eigenvalue weighted by Crippen LogP contribution is 2.21. The molecule has 3 rings (SSSR count). The summed E-state index contributed by atoms with van der Waals surface area (Å²) >= 11 is 6.13. The van der Waals surface area contributed by atoms with E-state index in [0.29, 0.717) is 36.0 Å². The van der Waals surface area contributed by atoms with Crippen LogP contribution in [0.15, 0.2) is 11.1 Å². The van der Waals surface area contributed by atoms with Crippen molar-refractivity contribution in [1.29, 1.82) is 0 Å². The Morgan fingerprint density at radius 3 is 2.25 bits per heavy atom. The fraction of sp³-hybridized carbons (Fsp3) is 0.588. The van der Waals surface area contributed by atoms with E-state index in [0.717, 1.165) is 5.69 Å². The second-order valence-electron chi connectivity index (χ2n) is 6.86. The van der Waals surface area contributed by atoms with Crippen LogP contribution in [0.25, 0.3) is 0 Å². The van der Waals surface area contributed by atoms with Crippen LogP contribution in [-0.2, 0) is 27.9 Å². The average Bonchev–Trinajstić information content (AvgIpc) is 3.17. The van der Waals surface area contributed by atoms with Crippen LogP contribution in [0.5, 0.6) is 0 Å². The maximum absolute atomic E-state index is 12.9. The van der Waals surface area contributed by atoms with Gasteiger partial charge in [0.15, 0.2) is 0 Å². The molecule has 9 nitrogen and oxygen atoms in total. The Balaban J connectivity index is 1.65. The number of halogens is 1. The molecule has 11 heteroatoms. The zero-order valence-electron chi connectivity index (χ0n) is 16.5. The van der Waals surface area contributed by atoms with Gasteiger partial charge in [0.2, 0.25) is 15.9 Å². The summed E-state index contributed by atoms with van der Waals surface area (Å²) in [4.78, 5) is 14.5. The summed E-state index contributed by atoms with van der Waals surface area (Å²) in [5.41, 5.74) is 1.92. The third-order valence-electron chi connectivity index (χ3n) is 5.01. The fourth-order valence-corrected chi connectivity index (χ4v) is 5.02. The zero-order valence-corrected chi connectivity index (χ0v) is 18.1. The first kappa shape index (κ1) is 20.8. The van der Waals surface area contributed by atoms with Crippen molar-refractivity contribution < 1.29 is 13.2 Å². The fourth-order valence-electron chi connectivity index (χ4n) is 3.29. The Bertz CT molecular complexity index is 989. The largest absolute Gasteiger partial charge is 0.338 e. The van der Waals surface area contributed by atoms with E-state index in [9.17, 15) is 13.2 Å². The number of carbonyl (C=O) groups excluding carboxylic acids is 1. The number of amides is 1. The monoisotopic (exact) mass is 428 g/mol. The van der Waals surface area contributed by atoms with Crippen molar-refractivity contribution in [2.45, 2.75) is 45.7 Å². The van der Waals surface area contributed by atoms with Crippen LogP contribution in [0.4, 0.5) is 0 Å². The van der Waals surface area contributed by atoms with Crippen LogP contribution in [0.3, 0.4) is 0 Å². The minimum Gasteiger partial charge on any atom is -0.338 e. The number of piperazine rings is 1. The zero-order chi connectivity index (χ0) is 20.6. The number of nitrogens with zero attached hydrogens (tertiary/aromatic N) is 6. The minimum absolute atomic E-state index is 0.0918. The van der Waals surface area contributed by atoms with E-state index in [2.05, 4.69) is 10.2 Å². The van der Waals surface area contributed by atoms with Crippen molar-refractivity contribution in [3.8, 4) is 0 Å². The van der Waals surface area contributed by atoms with Gasteiger partial charge >= 0.3 is 0 Å². The molecule has 154 valence electrons. The standard InChI is InChI=1S/C17H25ClN6O3S/c1-5-22-10-15(12(2)19-22)28(26,27)23-8-6-21(7-9-23)16(25)11-24-14(4)17(18)13(3)20-24/h10H,5-9,11H2,1-4H3. The number of rotatable bonds is 5. The second kappa shape index (κ2) is 7.84. The third-order valence-corrected chi connectivity index (χ3v) is 7.56. The SMILES string of the molecule is CCn1cc(S(=O)(=O)N2CCN(C(=O)Cn3nc(C)c(Cl)c3C)CC2)c(C)n1. The van der Waals surface area contributed by atoms with Gasteiger partial charge in [-0.05, 0) is 27.7 Å². The van der Waals surface area contributed by atoms with Gasteiger partial charge in [0.25, 0.3) is 0 Å². The number of sulfonamides is 1. The van der Waals surface area contributed by atoms with E-state index in [1.54, 1.807) is 34.3 Å². The molecule has 0 atom stereocenters. The molecule has 0 aromatic carbocycles. The Morgan fingerprint density at radius 2 is 1.75 bits per heavy atom. The molecular weight excluding hydrogens is 404 g/mol. The van der Waals surface area contributed by atoms with E-state index in [1.807, 2.05) is 13.8 Å². The lowest BCUT2D eigenvalue weighted by Gasteiger charge is -2.34. The van der Waals surface area contributed by atoms with Crippen LogP contribution >= 0.6 is 11.6 Å². The molecule has 0 aliphatic carbocycles. The molecule has 0 radical (unpaired) electrons. The summed E-state index contributed by atoms with van der Waals surface area (Å²) in [7, 11) is -3.62. The van der Waals surface area contributed by atoms with Crippen LogP contribution < -0.4 is 0 Å². The average molecular weight is 429 g/mol. The highest BCUT2D eigenvalue weighted by Gasteiger charge is 2.32. The summed E-state index contributed by atoms with van der Waals surface area (Å²) < 4.78 is 30.5. The predicted octanol–water partition coefficient (Wildman–Crippen LogP) is 1.21. The Hall–Kier alpha value is -1.91. The van der Waals surface area contributed by atoms with Crippen molar-refractivity contribution in [3.63, 3.8) is 0 Å². The second-order valence-corrected chi connectivity index (χ2v) is 9.15. The number of aryl methyl sites for hydroxylation is 3. The smallest absolute Gasteiger partial charge is 0.246 e. The van der Waals surface area contributed by atoms with Gasteiger partial charge in [-0.1, -0.05) is 11.6 Å². The molecule has 2 aromatic heterocycles. The van der Waals surface area contributed by atoms with Gasteiger partial charge in [0.1, 0.15) is 11.4 Å². The summed E-state index contributed by atoms with van der Waals surface area (Å²) in [6.07, 6.45) is 1.56. The summed E-state index contributed by atoms with van der Waals surface area (Å²) in [6, 6.07) is 0. The molecular formula is C17H25ClN6O3S. The number of aromatic nitrogens is 4. The molecule has 1 fully saturated rings. The maximum Gasteiger partial charge on any atom is 0.246 e. The molecule has 0 saturated carbocycles. The Labute approximate surface area is 169 Å². The van der Waals surface area contributed by atoms with Crippen LogP contribution in [0, 0.1) is 20.8 Å². The topological polar surface area (TPSA) is 93.3 Å². The van der Waals surface area contributed by atoms with E-state index in [1.165, 1.54) is 4.31 Å². The first-order valence-corrected chi connectivity index (χ1v) is 11.0. The maximum atomic E-state index is 12.9. The van der Waals surface area contributed by atoms with Gasteiger partial charge in [-0.3, -0.25) is 14.2 Å². The molecule has 2 aromatic rings. The van der Waals surface area contributed by atoms with Crippen molar-refractivity contribution in [2.75, 3.05) is 26.2 Å². The van der Waals surface area contributed by atoms with Crippen LogP contribution in [0.1, 0.15) is 24.0 Å². The number of carbonyl (C=O) groups is 1. The molecule has 1 aliphatic heterocycles. The van der Waals surface area contributed by atoms with Gasteiger partial charge in [-0.25, -0.2) is 8.42 Å². The summed E-state index contributed by atoms with van der Waals surface area (Å²) in [6.45, 7) is 9.09. The van der Waals surface area contributed by atoms with Crippen molar-refractivity contribution in [1.82, 2.24) is 28.8 Å². The van der Waals surface area contributed by atoms with Crippen molar-refractivity contribution in [2.24, 2.45) is 0 Å². The highest BCUT2D eigenvalue weighted by molar-refractivity contribution is 7.89. The summed E-state index contributed by atoms with van der Waals surface area (Å²) in [5.74, 6) is -0.103. The lowest BCUT2D eigenvalue weighted by atomic mass is 10.3. The molecule has 3 heterocycles. The van der Waals surface area contributed by atoms with E-state index >= 15 is 0 Å². The van der Waals surface area contributed by atoms with Crippen molar-refractivity contribution in [3.05, 3.63) is 28.3 Å². The van der Waals surface area contributed by atoms with Gasteiger partial charge in [0, 0.05) is 38.9 Å². The summed E-state index contributed by atoms with van der Waals surface area (Å²) in [5, 5.41) is 9.07. The molecule has 0 N–H and O–H groups in total. The highest BCUT2D eigenvalue weighted by atomic mass is 35.5. The molecule has 0 unspecified atom stereocenters. The van der Waals surface area contributed by atoms with Crippen LogP contribution in [0.2, 0.25) is 5.02 Å². The molecule has 28 heavy (non-hydrogen) atoms. The molecule has 0 spiro atoms. The first-order chi connectivity index (χ1) is 13.1. The Kier molecular flexibility index (Phi) is 5.83. The molecule has 1 saturated heterocycles. The lowest BCUT2D eigenvalue weighted by Crippen LogP contribution is -2.51. The van der Waals surface area contributed by atoms with E-state index in [-0.39, 0.29) is 30.4 Å². The lowest BCUT2D eigenvalue weighted by molar-refractivity contribution is -0.133. The van der Waals surface area contributed by atoms with Crippen LogP contribution in [-0.4, -0.2) is 69.3 Å². The predicted molar refractivity (Wildman–Crippen MR) is 105 cm³/mol. The molecule has 1 amide bonds. The molecule has 1 aliphatic rings. The van der Waals surface area contributed by atoms with Gasteiger partial charge in [-0.15, -0.1) is 0 Å². The third kappa shape index (κ3) is 3.81.